The molecule has 100 valence electrons. The van der Waals surface area contributed by atoms with E-state index >= 15 is 0 Å². The van der Waals surface area contributed by atoms with Crippen LogP contribution in [0.4, 0.5) is 4.39 Å². The van der Waals surface area contributed by atoms with Crippen LogP contribution in [0, 0.1) is 12.7 Å². The fourth-order valence-corrected chi connectivity index (χ4v) is 2.74. The third-order valence-electron chi connectivity index (χ3n) is 3.21. The Morgan fingerprint density at radius 3 is 2.74 bits per heavy atom. The number of nitrogens with one attached hydrogen (secondary N) is 1. The average Bonchev–Trinajstić information content (AvgIpc) is 2.39. The first-order chi connectivity index (χ1) is 9.13. The van der Waals surface area contributed by atoms with Gasteiger partial charge in [-0.05, 0) is 37.7 Å². The Hall–Kier alpha value is -1.26. The Bertz CT molecular complexity index is 552. The summed E-state index contributed by atoms with van der Waals surface area (Å²) in [6.07, 6.45) is 2.42. The molecule has 1 unspecified atom stereocenters. The van der Waals surface area contributed by atoms with Crippen LogP contribution in [-0.2, 0) is 6.42 Å². The van der Waals surface area contributed by atoms with E-state index in [0.717, 1.165) is 15.7 Å². The summed E-state index contributed by atoms with van der Waals surface area (Å²) >= 11 is 3.42. The molecule has 0 radical (unpaired) electrons. The Labute approximate surface area is 121 Å². The molecule has 19 heavy (non-hydrogen) atoms. The molecule has 2 rings (SSSR count). The number of halogens is 2. The molecule has 2 nitrogen and oxygen atoms in total. The van der Waals surface area contributed by atoms with E-state index in [4.69, 9.17) is 0 Å². The predicted molar refractivity (Wildman–Crippen MR) is 78.6 cm³/mol. The lowest BCUT2D eigenvalue weighted by molar-refractivity contribution is 0.527. The Kier molecular flexibility index (Phi) is 4.66. The normalized spacial score (nSPS) is 12.4. The first-order valence-corrected chi connectivity index (χ1v) is 6.94. The van der Waals surface area contributed by atoms with Gasteiger partial charge in [-0.2, -0.15) is 0 Å². The van der Waals surface area contributed by atoms with Crippen molar-refractivity contribution in [3.8, 4) is 0 Å². The molecule has 0 saturated heterocycles. The summed E-state index contributed by atoms with van der Waals surface area (Å²) in [6.45, 7) is 2.02. The van der Waals surface area contributed by atoms with Gasteiger partial charge < -0.3 is 5.32 Å². The predicted octanol–water partition coefficient (Wildman–Crippen LogP) is 3.79. The molecule has 0 bridgehead atoms. The Morgan fingerprint density at radius 2 is 2.11 bits per heavy atom. The van der Waals surface area contributed by atoms with Gasteiger partial charge in [-0.1, -0.05) is 28.1 Å². The third-order valence-corrected chi connectivity index (χ3v) is 3.90. The van der Waals surface area contributed by atoms with E-state index in [9.17, 15) is 4.39 Å². The SMILES string of the molecule is CNC(Cc1ncccc1C)c1c(F)cccc1Br. The van der Waals surface area contributed by atoms with Crippen molar-refractivity contribution in [2.24, 2.45) is 0 Å². The van der Waals surface area contributed by atoms with Crippen LogP contribution in [0.3, 0.4) is 0 Å². The van der Waals surface area contributed by atoms with E-state index < -0.39 is 0 Å². The molecular weight excluding hydrogens is 307 g/mol. The first-order valence-electron chi connectivity index (χ1n) is 6.15. The summed E-state index contributed by atoms with van der Waals surface area (Å²) in [7, 11) is 1.84. The lowest BCUT2D eigenvalue weighted by Crippen LogP contribution is -2.21. The van der Waals surface area contributed by atoms with Crippen molar-refractivity contribution < 1.29 is 4.39 Å². The van der Waals surface area contributed by atoms with E-state index in [1.54, 1.807) is 12.3 Å². The molecule has 0 amide bonds. The van der Waals surface area contributed by atoms with Gasteiger partial charge in [0, 0.05) is 34.4 Å². The van der Waals surface area contributed by atoms with Crippen LogP contribution < -0.4 is 5.32 Å². The molecule has 0 saturated carbocycles. The largest absolute Gasteiger partial charge is 0.313 e. The monoisotopic (exact) mass is 322 g/mol. The van der Waals surface area contributed by atoms with Crippen LogP contribution in [0.15, 0.2) is 41.0 Å². The third kappa shape index (κ3) is 3.19. The highest BCUT2D eigenvalue weighted by atomic mass is 79.9. The van der Waals surface area contributed by atoms with Crippen molar-refractivity contribution in [1.29, 1.82) is 0 Å². The van der Waals surface area contributed by atoms with Gasteiger partial charge in [-0.25, -0.2) is 4.39 Å². The van der Waals surface area contributed by atoms with Gasteiger partial charge in [-0.15, -0.1) is 0 Å². The van der Waals surface area contributed by atoms with Crippen molar-refractivity contribution in [2.45, 2.75) is 19.4 Å². The van der Waals surface area contributed by atoms with Crippen LogP contribution in [0.5, 0.6) is 0 Å². The minimum Gasteiger partial charge on any atom is -0.313 e. The Morgan fingerprint density at radius 1 is 1.32 bits per heavy atom. The van der Waals surface area contributed by atoms with Crippen molar-refractivity contribution in [2.75, 3.05) is 7.05 Å². The average molecular weight is 323 g/mol. The van der Waals surface area contributed by atoms with Gasteiger partial charge in [0.2, 0.25) is 0 Å². The van der Waals surface area contributed by atoms with Crippen LogP contribution in [0.1, 0.15) is 22.9 Å². The number of nitrogens with zero attached hydrogens (tertiary/aromatic N) is 1. The zero-order chi connectivity index (χ0) is 13.8. The second kappa shape index (κ2) is 6.26. The zero-order valence-electron chi connectivity index (χ0n) is 11.0. The second-order valence-corrected chi connectivity index (χ2v) is 5.30. The lowest BCUT2D eigenvalue weighted by atomic mass is 9.99. The molecule has 4 heteroatoms. The maximum atomic E-state index is 14.0. The van der Waals surface area contributed by atoms with E-state index in [1.165, 1.54) is 6.07 Å². The van der Waals surface area contributed by atoms with Gasteiger partial charge in [0.25, 0.3) is 0 Å². The molecule has 1 aromatic heterocycles. The number of benzene rings is 1. The number of aromatic nitrogens is 1. The lowest BCUT2D eigenvalue weighted by Gasteiger charge is -2.19. The molecule has 1 heterocycles. The van der Waals surface area contributed by atoms with Gasteiger partial charge in [0.15, 0.2) is 0 Å². The topological polar surface area (TPSA) is 24.9 Å². The summed E-state index contributed by atoms with van der Waals surface area (Å²) in [6, 6.07) is 8.85. The molecule has 0 spiro atoms. The van der Waals surface area contributed by atoms with E-state index in [0.29, 0.717) is 12.0 Å². The molecule has 0 aliphatic heterocycles. The number of likely N-dealkylation sites (N-methyl/N-ethyl adjacent to an activating group) is 1. The van der Waals surface area contributed by atoms with Crippen LogP contribution in [0.2, 0.25) is 0 Å². The minimum absolute atomic E-state index is 0.107. The van der Waals surface area contributed by atoms with Crippen LogP contribution in [0.25, 0.3) is 0 Å². The number of rotatable bonds is 4. The van der Waals surface area contributed by atoms with Crippen molar-refractivity contribution in [3.63, 3.8) is 0 Å². The van der Waals surface area contributed by atoms with Gasteiger partial charge >= 0.3 is 0 Å². The van der Waals surface area contributed by atoms with Crippen molar-refractivity contribution in [1.82, 2.24) is 10.3 Å². The van der Waals surface area contributed by atoms with Crippen LogP contribution in [-0.4, -0.2) is 12.0 Å². The minimum atomic E-state index is -0.206. The van der Waals surface area contributed by atoms with E-state index in [2.05, 4.69) is 26.2 Å². The molecule has 1 N–H and O–H groups in total. The maximum Gasteiger partial charge on any atom is 0.129 e. The molecule has 2 aromatic rings. The highest BCUT2D eigenvalue weighted by Crippen LogP contribution is 2.28. The standard InChI is InChI=1S/C15H16BrFN2/c1-10-5-4-8-19-13(10)9-14(18-2)15-11(16)6-3-7-12(15)17/h3-8,14,18H,9H2,1-2H3. The molecule has 1 atom stereocenters. The molecule has 0 aliphatic carbocycles. The highest BCUT2D eigenvalue weighted by Gasteiger charge is 2.18. The maximum absolute atomic E-state index is 14.0. The summed E-state index contributed by atoms with van der Waals surface area (Å²) in [5, 5.41) is 3.17. The summed E-state index contributed by atoms with van der Waals surface area (Å²) in [4.78, 5) is 4.37. The summed E-state index contributed by atoms with van der Waals surface area (Å²) < 4.78 is 14.8. The van der Waals surface area contributed by atoms with Crippen LogP contribution >= 0.6 is 15.9 Å². The number of aryl methyl sites for hydroxylation is 1. The summed E-state index contributed by atoms with van der Waals surface area (Å²) in [5.41, 5.74) is 2.75. The Balaban J connectivity index is 2.34. The van der Waals surface area contributed by atoms with E-state index in [1.807, 2.05) is 32.2 Å². The molecule has 1 aromatic carbocycles. The van der Waals surface area contributed by atoms with E-state index in [-0.39, 0.29) is 11.9 Å². The smallest absolute Gasteiger partial charge is 0.129 e. The fourth-order valence-electron chi connectivity index (χ4n) is 2.12. The number of hydrogen-bond donors (Lipinski definition) is 1. The molecule has 0 fully saturated rings. The number of hydrogen-bond acceptors (Lipinski definition) is 2. The summed E-state index contributed by atoms with van der Waals surface area (Å²) in [5.74, 6) is -0.206. The second-order valence-electron chi connectivity index (χ2n) is 4.45. The van der Waals surface area contributed by atoms with Crippen molar-refractivity contribution in [3.05, 3.63) is 63.6 Å². The van der Waals surface area contributed by atoms with Gasteiger partial charge in [0.05, 0.1) is 0 Å². The highest BCUT2D eigenvalue weighted by molar-refractivity contribution is 9.10. The van der Waals surface area contributed by atoms with Gasteiger partial charge in [-0.3, -0.25) is 4.98 Å². The molecule has 0 aliphatic rings. The number of pyridine rings is 1. The van der Waals surface area contributed by atoms with Gasteiger partial charge in [0.1, 0.15) is 5.82 Å². The first kappa shape index (κ1) is 14.2. The van der Waals surface area contributed by atoms with Crippen molar-refractivity contribution >= 4 is 15.9 Å². The quantitative estimate of drug-likeness (QED) is 0.926. The molecular formula is C15H16BrFN2. The zero-order valence-corrected chi connectivity index (χ0v) is 12.5. The fraction of sp³-hybridized carbons (Fsp3) is 0.267.